The summed E-state index contributed by atoms with van der Waals surface area (Å²) in [5.74, 6) is 0. The van der Waals surface area contributed by atoms with E-state index in [4.69, 9.17) is 0 Å². The first-order chi connectivity index (χ1) is 10.3. The number of aryl methyl sites for hydroxylation is 2. The van der Waals surface area contributed by atoms with Gasteiger partial charge < -0.3 is 4.57 Å². The van der Waals surface area contributed by atoms with Gasteiger partial charge >= 0.3 is 0 Å². The van der Waals surface area contributed by atoms with Crippen LogP contribution in [-0.2, 0) is 13.0 Å². The van der Waals surface area contributed by atoms with Crippen LogP contribution >= 0.6 is 0 Å². The van der Waals surface area contributed by atoms with Crippen molar-refractivity contribution in [2.75, 3.05) is 0 Å². The zero-order chi connectivity index (χ0) is 14.2. The Morgan fingerprint density at radius 1 is 1.05 bits per heavy atom. The first-order valence-corrected chi connectivity index (χ1v) is 7.07. The number of fused-ring (bicyclic) bond motifs is 3. The van der Waals surface area contributed by atoms with Gasteiger partial charge in [-0.1, -0.05) is 30.3 Å². The Morgan fingerprint density at radius 2 is 1.95 bits per heavy atom. The summed E-state index contributed by atoms with van der Waals surface area (Å²) in [4.78, 5) is 16.6. The number of benzene rings is 1. The molecular weight excluding hydrogens is 260 g/mol. The fraction of sp³-hybridized carbons (Fsp3) is 0.111. The average molecular weight is 274 g/mol. The normalized spacial score (nSPS) is 12.6. The second kappa shape index (κ2) is 4.70. The molecule has 1 aromatic carbocycles. The van der Waals surface area contributed by atoms with Crippen molar-refractivity contribution in [3.8, 4) is 22.4 Å². The van der Waals surface area contributed by atoms with Gasteiger partial charge in [0.15, 0.2) is 5.43 Å². The van der Waals surface area contributed by atoms with Crippen LogP contribution < -0.4 is 5.43 Å². The molecule has 0 saturated heterocycles. The third-order valence-electron chi connectivity index (χ3n) is 4.02. The van der Waals surface area contributed by atoms with Crippen molar-refractivity contribution in [2.24, 2.45) is 0 Å². The maximum Gasteiger partial charge on any atom is 0.190 e. The van der Waals surface area contributed by atoms with Gasteiger partial charge in [0, 0.05) is 42.3 Å². The smallest absolute Gasteiger partial charge is 0.190 e. The van der Waals surface area contributed by atoms with Gasteiger partial charge in [0.2, 0.25) is 0 Å². The van der Waals surface area contributed by atoms with Crippen molar-refractivity contribution in [3.63, 3.8) is 0 Å². The second-order valence-electron chi connectivity index (χ2n) is 5.25. The first-order valence-electron chi connectivity index (χ1n) is 7.07. The van der Waals surface area contributed by atoms with Crippen LogP contribution in [0.2, 0.25) is 0 Å². The molecule has 3 nitrogen and oxygen atoms in total. The Hall–Kier alpha value is -2.68. The maximum absolute atomic E-state index is 12.5. The van der Waals surface area contributed by atoms with Gasteiger partial charge in [-0.15, -0.1) is 0 Å². The molecule has 0 spiro atoms. The molecule has 0 atom stereocenters. The molecule has 0 unspecified atom stereocenters. The van der Waals surface area contributed by atoms with Gasteiger partial charge in [0.1, 0.15) is 0 Å². The van der Waals surface area contributed by atoms with Crippen LogP contribution in [0.15, 0.2) is 65.8 Å². The molecule has 3 heterocycles. The molecule has 0 amide bonds. The molecule has 0 N–H and O–H groups in total. The molecule has 3 aromatic rings. The lowest BCUT2D eigenvalue weighted by Gasteiger charge is -2.24. The standard InChI is InChI=1S/C18H14N2O/c21-16-8-11-20-10-7-13-4-1-2-6-15(13)18(20)17(16)14-5-3-9-19-12-14/h1-6,8-9,11-12H,7,10H2. The number of pyridine rings is 2. The zero-order valence-electron chi connectivity index (χ0n) is 11.5. The van der Waals surface area contributed by atoms with Crippen LogP contribution in [0.1, 0.15) is 5.56 Å². The fourth-order valence-electron chi connectivity index (χ4n) is 3.05. The number of hydrogen-bond acceptors (Lipinski definition) is 2. The number of nitrogens with zero attached hydrogens (tertiary/aromatic N) is 2. The molecular formula is C18H14N2O. The highest BCUT2D eigenvalue weighted by molar-refractivity contribution is 5.82. The van der Waals surface area contributed by atoms with Crippen LogP contribution in [0.4, 0.5) is 0 Å². The molecule has 102 valence electrons. The molecule has 0 saturated carbocycles. The van der Waals surface area contributed by atoms with Gasteiger partial charge in [-0.3, -0.25) is 9.78 Å². The van der Waals surface area contributed by atoms with Crippen LogP contribution in [0.5, 0.6) is 0 Å². The highest BCUT2D eigenvalue weighted by Crippen LogP contribution is 2.34. The van der Waals surface area contributed by atoms with E-state index in [1.54, 1.807) is 18.5 Å². The quantitative estimate of drug-likeness (QED) is 0.683. The van der Waals surface area contributed by atoms with Crippen molar-refractivity contribution in [3.05, 3.63) is 76.8 Å². The number of hydrogen-bond donors (Lipinski definition) is 0. The van der Waals surface area contributed by atoms with Crippen LogP contribution in [0.3, 0.4) is 0 Å². The largest absolute Gasteiger partial charge is 0.346 e. The summed E-state index contributed by atoms with van der Waals surface area (Å²) in [6.45, 7) is 0.903. The lowest BCUT2D eigenvalue weighted by atomic mass is 9.92. The Balaban J connectivity index is 2.09. The summed E-state index contributed by atoms with van der Waals surface area (Å²) in [6, 6.07) is 13.8. The van der Waals surface area contributed by atoms with Gasteiger partial charge in [-0.2, -0.15) is 0 Å². The molecule has 21 heavy (non-hydrogen) atoms. The summed E-state index contributed by atoms with van der Waals surface area (Å²) < 4.78 is 2.17. The van der Waals surface area contributed by atoms with E-state index >= 15 is 0 Å². The zero-order valence-corrected chi connectivity index (χ0v) is 11.5. The second-order valence-corrected chi connectivity index (χ2v) is 5.25. The van der Waals surface area contributed by atoms with E-state index in [2.05, 4.69) is 27.8 Å². The molecule has 2 aromatic heterocycles. The number of rotatable bonds is 1. The van der Waals surface area contributed by atoms with Gasteiger partial charge in [-0.25, -0.2) is 0 Å². The fourth-order valence-corrected chi connectivity index (χ4v) is 3.05. The SMILES string of the molecule is O=c1ccn2c(c1-c1cccnc1)-c1ccccc1CC2. The van der Waals surface area contributed by atoms with E-state index in [1.807, 2.05) is 24.4 Å². The van der Waals surface area contributed by atoms with E-state index < -0.39 is 0 Å². The van der Waals surface area contributed by atoms with Crippen molar-refractivity contribution in [1.82, 2.24) is 9.55 Å². The van der Waals surface area contributed by atoms with Crippen LogP contribution in [-0.4, -0.2) is 9.55 Å². The third kappa shape index (κ3) is 1.89. The van der Waals surface area contributed by atoms with E-state index in [0.717, 1.165) is 35.3 Å². The minimum absolute atomic E-state index is 0.0472. The lowest BCUT2D eigenvalue weighted by molar-refractivity contribution is 0.680. The highest BCUT2D eigenvalue weighted by atomic mass is 16.1. The van der Waals surface area contributed by atoms with Crippen molar-refractivity contribution < 1.29 is 0 Å². The predicted octanol–water partition coefficient (Wildman–Crippen LogP) is 3.13. The minimum atomic E-state index is 0.0472. The molecule has 0 fully saturated rings. The Morgan fingerprint density at radius 3 is 2.81 bits per heavy atom. The number of aromatic nitrogens is 2. The molecule has 1 aliphatic heterocycles. The third-order valence-corrected chi connectivity index (χ3v) is 4.02. The summed E-state index contributed by atoms with van der Waals surface area (Å²) in [5, 5.41) is 0. The first kappa shape index (κ1) is 12.1. The Bertz CT molecular complexity index is 866. The molecule has 4 rings (SSSR count). The van der Waals surface area contributed by atoms with E-state index in [1.165, 1.54) is 5.56 Å². The molecule has 3 heteroatoms. The van der Waals surface area contributed by atoms with Gasteiger partial charge in [0.05, 0.1) is 11.3 Å². The summed E-state index contributed by atoms with van der Waals surface area (Å²) in [6.07, 6.45) is 6.38. The molecule has 0 radical (unpaired) electrons. The molecule has 0 bridgehead atoms. The summed E-state index contributed by atoms with van der Waals surface area (Å²) in [7, 11) is 0. The van der Waals surface area contributed by atoms with Crippen LogP contribution in [0, 0.1) is 0 Å². The Labute approximate surface area is 122 Å². The van der Waals surface area contributed by atoms with Crippen LogP contribution in [0.25, 0.3) is 22.4 Å². The summed E-state index contributed by atoms with van der Waals surface area (Å²) >= 11 is 0. The molecule has 0 aliphatic carbocycles. The summed E-state index contributed by atoms with van der Waals surface area (Å²) in [5.41, 5.74) is 5.14. The minimum Gasteiger partial charge on any atom is -0.346 e. The monoisotopic (exact) mass is 274 g/mol. The van der Waals surface area contributed by atoms with Crippen molar-refractivity contribution in [2.45, 2.75) is 13.0 Å². The van der Waals surface area contributed by atoms with Crippen molar-refractivity contribution >= 4 is 0 Å². The topological polar surface area (TPSA) is 34.9 Å². The van der Waals surface area contributed by atoms with Crippen molar-refractivity contribution in [1.29, 1.82) is 0 Å². The molecule has 1 aliphatic rings. The lowest BCUT2D eigenvalue weighted by Crippen LogP contribution is -2.18. The predicted molar refractivity (Wildman–Crippen MR) is 83.1 cm³/mol. The van der Waals surface area contributed by atoms with Gasteiger partial charge in [-0.05, 0) is 18.1 Å². The average Bonchev–Trinajstić information content (AvgIpc) is 2.55. The van der Waals surface area contributed by atoms with E-state index in [0.29, 0.717) is 0 Å². The highest BCUT2D eigenvalue weighted by Gasteiger charge is 2.20. The Kier molecular flexibility index (Phi) is 2.71. The van der Waals surface area contributed by atoms with E-state index in [9.17, 15) is 4.79 Å². The van der Waals surface area contributed by atoms with Gasteiger partial charge in [0.25, 0.3) is 0 Å². The maximum atomic E-state index is 12.5. The van der Waals surface area contributed by atoms with E-state index in [-0.39, 0.29) is 5.43 Å².